The van der Waals surface area contributed by atoms with Crippen LogP contribution in [0.25, 0.3) is 0 Å². The minimum atomic E-state index is -0.218. The smallest absolute Gasteiger partial charge is 0.147 e. The van der Waals surface area contributed by atoms with Crippen molar-refractivity contribution in [3.63, 3.8) is 0 Å². The van der Waals surface area contributed by atoms with E-state index in [1.54, 1.807) is 6.07 Å². The van der Waals surface area contributed by atoms with E-state index in [0.29, 0.717) is 13.2 Å². The number of hydrogen-bond acceptors (Lipinski definition) is 2. The normalized spacial score (nSPS) is 10.5. The van der Waals surface area contributed by atoms with E-state index in [4.69, 9.17) is 4.74 Å². The molecule has 0 fully saturated rings. The van der Waals surface area contributed by atoms with E-state index in [1.807, 2.05) is 26.0 Å². The predicted octanol–water partition coefficient (Wildman–Crippen LogP) is 5.67. The van der Waals surface area contributed by atoms with Gasteiger partial charge in [-0.25, -0.2) is 4.39 Å². The molecule has 2 aromatic carbocycles. The molecule has 2 nitrogen and oxygen atoms in total. The number of anilines is 1. The van der Waals surface area contributed by atoms with Gasteiger partial charge in [0.1, 0.15) is 11.6 Å². The van der Waals surface area contributed by atoms with Crippen LogP contribution in [0, 0.1) is 12.7 Å². The second-order valence-corrected chi connectivity index (χ2v) is 6.34. The Morgan fingerprint density at radius 1 is 1.14 bits per heavy atom. The highest BCUT2D eigenvalue weighted by Gasteiger charge is 2.09. The van der Waals surface area contributed by atoms with Crippen LogP contribution in [-0.2, 0) is 6.54 Å². The molecule has 21 heavy (non-hydrogen) atoms. The molecule has 2 rings (SSSR count). The molecule has 0 aliphatic rings. The van der Waals surface area contributed by atoms with Crippen molar-refractivity contribution in [3.05, 3.63) is 56.2 Å². The van der Waals surface area contributed by atoms with Crippen molar-refractivity contribution in [1.29, 1.82) is 0 Å². The van der Waals surface area contributed by atoms with Gasteiger partial charge in [-0.3, -0.25) is 0 Å². The quantitative estimate of drug-likeness (QED) is 0.677. The van der Waals surface area contributed by atoms with E-state index in [2.05, 4.69) is 37.2 Å². The predicted molar refractivity (Wildman–Crippen MR) is 91.5 cm³/mol. The number of halogens is 3. The number of hydrogen-bond donors (Lipinski definition) is 1. The third kappa shape index (κ3) is 4.20. The van der Waals surface area contributed by atoms with E-state index >= 15 is 0 Å². The standard InChI is InChI=1S/C16H16Br2FNO/c1-3-21-16-13(17)7-11(8-14(16)18)9-20-15-5-4-12(19)6-10(15)2/h4-8,20H,3,9H2,1-2H3. The third-order valence-corrected chi connectivity index (χ3v) is 4.20. The maximum atomic E-state index is 13.1. The Labute approximate surface area is 141 Å². The number of nitrogens with one attached hydrogen (secondary N) is 1. The molecule has 0 aliphatic carbocycles. The fraction of sp³-hybridized carbons (Fsp3) is 0.250. The molecule has 2 aromatic rings. The molecule has 1 N–H and O–H groups in total. The van der Waals surface area contributed by atoms with Crippen LogP contribution in [-0.4, -0.2) is 6.61 Å². The van der Waals surface area contributed by atoms with Crippen LogP contribution in [0.3, 0.4) is 0 Å². The lowest BCUT2D eigenvalue weighted by molar-refractivity contribution is 0.336. The Balaban J connectivity index is 2.13. The topological polar surface area (TPSA) is 21.3 Å². The highest BCUT2D eigenvalue weighted by atomic mass is 79.9. The highest BCUT2D eigenvalue weighted by Crippen LogP contribution is 2.35. The monoisotopic (exact) mass is 415 g/mol. The fourth-order valence-electron chi connectivity index (χ4n) is 2.02. The van der Waals surface area contributed by atoms with Gasteiger partial charge in [0.15, 0.2) is 0 Å². The first kappa shape index (κ1) is 16.3. The Bertz CT molecular complexity index is 623. The second-order valence-electron chi connectivity index (χ2n) is 4.63. The van der Waals surface area contributed by atoms with Crippen LogP contribution in [0.5, 0.6) is 5.75 Å². The summed E-state index contributed by atoms with van der Waals surface area (Å²) in [5, 5.41) is 3.31. The van der Waals surface area contributed by atoms with Crippen molar-refractivity contribution in [1.82, 2.24) is 0 Å². The van der Waals surface area contributed by atoms with Gasteiger partial charge in [-0.05, 0) is 87.2 Å². The first-order valence-electron chi connectivity index (χ1n) is 6.62. The van der Waals surface area contributed by atoms with Gasteiger partial charge in [-0.2, -0.15) is 0 Å². The summed E-state index contributed by atoms with van der Waals surface area (Å²) in [7, 11) is 0. The number of aryl methyl sites for hydroxylation is 1. The zero-order chi connectivity index (χ0) is 15.4. The van der Waals surface area contributed by atoms with Crippen molar-refractivity contribution in [2.45, 2.75) is 20.4 Å². The van der Waals surface area contributed by atoms with Crippen LogP contribution >= 0.6 is 31.9 Å². The van der Waals surface area contributed by atoms with Gasteiger partial charge in [0.2, 0.25) is 0 Å². The van der Waals surface area contributed by atoms with Crippen LogP contribution < -0.4 is 10.1 Å². The molecule has 0 aromatic heterocycles. The largest absolute Gasteiger partial charge is 0.492 e. The first-order valence-corrected chi connectivity index (χ1v) is 8.20. The summed E-state index contributed by atoms with van der Waals surface area (Å²) in [6, 6.07) is 8.76. The summed E-state index contributed by atoms with van der Waals surface area (Å²) in [6.45, 7) is 5.10. The minimum absolute atomic E-state index is 0.218. The van der Waals surface area contributed by atoms with Crippen molar-refractivity contribution in [3.8, 4) is 5.75 Å². The summed E-state index contributed by atoms with van der Waals surface area (Å²) >= 11 is 7.03. The molecule has 0 saturated heterocycles. The molecule has 0 heterocycles. The van der Waals surface area contributed by atoms with E-state index in [0.717, 1.165) is 31.5 Å². The van der Waals surface area contributed by atoms with Crippen LogP contribution in [0.2, 0.25) is 0 Å². The van der Waals surface area contributed by atoms with Crippen LogP contribution in [0.1, 0.15) is 18.1 Å². The third-order valence-electron chi connectivity index (χ3n) is 3.02. The highest BCUT2D eigenvalue weighted by molar-refractivity contribution is 9.11. The Morgan fingerprint density at radius 2 is 1.81 bits per heavy atom. The minimum Gasteiger partial charge on any atom is -0.492 e. The number of benzene rings is 2. The molecule has 0 aliphatic heterocycles. The Hall–Kier alpha value is -1.07. The molecule has 5 heteroatoms. The lowest BCUT2D eigenvalue weighted by Crippen LogP contribution is -2.02. The molecule has 0 bridgehead atoms. The van der Waals surface area contributed by atoms with E-state index in [1.165, 1.54) is 12.1 Å². The van der Waals surface area contributed by atoms with E-state index in [9.17, 15) is 4.39 Å². The molecule has 0 atom stereocenters. The summed E-state index contributed by atoms with van der Waals surface area (Å²) in [4.78, 5) is 0. The lowest BCUT2D eigenvalue weighted by Gasteiger charge is -2.13. The average Bonchev–Trinajstić information content (AvgIpc) is 2.42. The second kappa shape index (κ2) is 7.27. The van der Waals surface area contributed by atoms with Gasteiger partial charge in [-0.1, -0.05) is 0 Å². The molecule has 0 radical (unpaired) electrons. The van der Waals surface area contributed by atoms with Crippen molar-refractivity contribution < 1.29 is 9.13 Å². The average molecular weight is 417 g/mol. The fourth-order valence-corrected chi connectivity index (χ4v) is 3.53. The van der Waals surface area contributed by atoms with Gasteiger partial charge < -0.3 is 10.1 Å². The van der Waals surface area contributed by atoms with E-state index < -0.39 is 0 Å². The first-order chi connectivity index (χ1) is 10.0. The molecule has 112 valence electrons. The summed E-state index contributed by atoms with van der Waals surface area (Å²) < 4.78 is 20.5. The Morgan fingerprint density at radius 3 is 2.38 bits per heavy atom. The Kier molecular flexibility index (Phi) is 5.65. The van der Waals surface area contributed by atoms with Crippen molar-refractivity contribution in [2.24, 2.45) is 0 Å². The zero-order valence-corrected chi connectivity index (χ0v) is 15.0. The van der Waals surface area contributed by atoms with Gasteiger partial charge in [0, 0.05) is 12.2 Å². The molecule has 0 saturated carbocycles. The molecular formula is C16H16Br2FNO. The SMILES string of the molecule is CCOc1c(Br)cc(CNc2ccc(F)cc2C)cc1Br. The maximum absolute atomic E-state index is 13.1. The van der Waals surface area contributed by atoms with Crippen molar-refractivity contribution >= 4 is 37.5 Å². The molecule has 0 spiro atoms. The van der Waals surface area contributed by atoms with Gasteiger partial charge >= 0.3 is 0 Å². The zero-order valence-electron chi connectivity index (χ0n) is 11.8. The summed E-state index contributed by atoms with van der Waals surface area (Å²) in [5.74, 6) is 0.587. The van der Waals surface area contributed by atoms with E-state index in [-0.39, 0.29) is 5.82 Å². The van der Waals surface area contributed by atoms with Gasteiger partial charge in [-0.15, -0.1) is 0 Å². The number of rotatable bonds is 5. The maximum Gasteiger partial charge on any atom is 0.147 e. The van der Waals surface area contributed by atoms with Crippen LogP contribution in [0.4, 0.5) is 10.1 Å². The van der Waals surface area contributed by atoms with Gasteiger partial charge in [0.05, 0.1) is 15.6 Å². The van der Waals surface area contributed by atoms with Gasteiger partial charge in [0.25, 0.3) is 0 Å². The van der Waals surface area contributed by atoms with Crippen molar-refractivity contribution in [2.75, 3.05) is 11.9 Å². The molecule has 0 unspecified atom stereocenters. The lowest BCUT2D eigenvalue weighted by atomic mass is 10.1. The number of ether oxygens (including phenoxy) is 1. The summed E-state index contributed by atoms with van der Waals surface area (Å²) in [6.07, 6.45) is 0. The molecular weight excluding hydrogens is 401 g/mol. The van der Waals surface area contributed by atoms with Crippen LogP contribution in [0.15, 0.2) is 39.3 Å². The summed E-state index contributed by atoms with van der Waals surface area (Å²) in [5.41, 5.74) is 2.91. The molecule has 0 amide bonds.